The number of nitrogens with two attached hydrogens (primary N) is 3. The molecule has 0 aliphatic rings. The fourth-order valence-electron chi connectivity index (χ4n) is 8.00. The van der Waals surface area contributed by atoms with Gasteiger partial charge in [0, 0.05) is 48.6 Å². The molecule has 0 aliphatic carbocycles. The molecule has 0 unspecified atom stereocenters. The number of carbonyl (C=O) groups is 9. The van der Waals surface area contributed by atoms with Crippen molar-refractivity contribution in [3.05, 3.63) is 129 Å². The Labute approximate surface area is 481 Å². The molecule has 27 nitrogen and oxygen atoms in total. The van der Waals surface area contributed by atoms with Crippen molar-refractivity contribution in [1.82, 2.24) is 37.2 Å². The van der Waals surface area contributed by atoms with Gasteiger partial charge < -0.3 is 80.2 Å². The van der Waals surface area contributed by atoms with Gasteiger partial charge in [-0.05, 0) is 97.8 Å². The molecule has 29 heteroatoms. The molecule has 4 aromatic carbocycles. The van der Waals surface area contributed by atoms with E-state index in [-0.39, 0.29) is 79.4 Å². The largest absolute Gasteiger partial charge is 0.508 e. The van der Waals surface area contributed by atoms with Crippen LogP contribution < -0.4 is 59.7 Å². The van der Waals surface area contributed by atoms with Crippen LogP contribution in [0.4, 0.5) is 16.2 Å². The summed E-state index contributed by atoms with van der Waals surface area (Å²) < 4.78 is 0. The molecule has 0 saturated carbocycles. The van der Waals surface area contributed by atoms with Gasteiger partial charge >= 0.3 is 12.0 Å². The number of hydrogen-bond donors (Lipinski definition) is 17. The lowest BCUT2D eigenvalue weighted by Gasteiger charge is -2.28. The maximum absolute atomic E-state index is 14.6. The van der Waals surface area contributed by atoms with Crippen molar-refractivity contribution < 1.29 is 68.5 Å². The van der Waals surface area contributed by atoms with Crippen molar-refractivity contribution in [3.8, 4) is 11.5 Å². The van der Waals surface area contributed by atoms with Crippen molar-refractivity contribution in [1.29, 1.82) is 0 Å². The number of nitro groups is 1. The first-order chi connectivity index (χ1) is 38.9. The zero-order valence-corrected chi connectivity index (χ0v) is 46.1. The van der Waals surface area contributed by atoms with Gasteiger partial charge in [-0.1, -0.05) is 48.5 Å². The fourth-order valence-corrected chi connectivity index (χ4v) is 8.51. The number of aliphatic carboxylic acids is 1. The molecule has 82 heavy (non-hydrogen) atoms. The van der Waals surface area contributed by atoms with Crippen molar-refractivity contribution >= 4 is 90.0 Å². The summed E-state index contributed by atoms with van der Waals surface area (Å²) in [5.74, 6) is -8.97. The third kappa shape index (κ3) is 21.5. The molecule has 9 atom stereocenters. The van der Waals surface area contributed by atoms with Crippen LogP contribution in [0.5, 0.6) is 11.5 Å². The molecule has 4 aromatic rings. The average molecular weight is 1180 g/mol. The number of aromatic hydroxyl groups is 2. The highest BCUT2D eigenvalue weighted by Gasteiger charge is 2.36. The molecule has 0 saturated heterocycles. The molecule has 442 valence electrons. The number of carboxylic acids is 1. The number of carbonyl (C=O) groups excluding carboxylic acids is 8. The molecule has 0 heterocycles. The standard InChI is InChI=1S/C53H68N12O15S2/c1-28(66)44(51(75)63-43(27-82)50(74)61-41(52(76)77)25-32-11-19-36(68)20-12-32)64-46(70)38(4-2-3-21-54)58-47(71)39(23-30-5-13-33(14-6-30)57-53(56)78)59-48(72)40(24-31-9-17-35(67)18-10-31)60-49(73)42(26-81)62-45(69)37(55)22-29-7-15-34(16-8-29)65(79)80/h5-20,28,37-44,66-68,81-82H,2-4,21-27,54-55H2,1H3,(H,58,71)(H,59,72)(H,60,73)(H,61,74)(H,62,69)(H,63,75)(H,64,70)(H,76,77)(H3,56,57,78)/t28-,37+,38+,39-,40+,41-,42-,43+,44+/m1/s1. The van der Waals surface area contributed by atoms with Crippen LogP contribution in [-0.2, 0) is 64.0 Å². The number of non-ortho nitro benzene ring substituents is 1. The number of thiol groups is 2. The Morgan fingerprint density at radius 2 is 0.915 bits per heavy atom. The van der Waals surface area contributed by atoms with Gasteiger partial charge in [0.15, 0.2) is 0 Å². The number of aliphatic hydroxyl groups is 1. The van der Waals surface area contributed by atoms with Crippen molar-refractivity contribution in [2.75, 3.05) is 23.4 Å². The Morgan fingerprint density at radius 1 is 0.537 bits per heavy atom. The number of benzene rings is 4. The predicted molar refractivity (Wildman–Crippen MR) is 305 cm³/mol. The van der Waals surface area contributed by atoms with E-state index in [1.54, 1.807) is 0 Å². The van der Waals surface area contributed by atoms with Crippen LogP contribution in [0, 0.1) is 10.1 Å². The van der Waals surface area contributed by atoms with E-state index < -0.39 is 113 Å². The topological polar surface area (TPSA) is 452 Å². The number of aliphatic hydroxyl groups excluding tert-OH is 1. The minimum Gasteiger partial charge on any atom is -0.508 e. The molecule has 0 aromatic heterocycles. The smallest absolute Gasteiger partial charge is 0.326 e. The molecule has 0 aliphatic heterocycles. The Balaban J connectivity index is 1.60. The van der Waals surface area contributed by atoms with Crippen molar-refractivity contribution in [2.45, 2.75) is 106 Å². The molecule has 0 spiro atoms. The number of nitro benzene ring substituents is 1. The lowest BCUT2D eigenvalue weighted by atomic mass is 10.0. The van der Waals surface area contributed by atoms with Crippen LogP contribution in [0.2, 0.25) is 0 Å². The second kappa shape index (κ2) is 32.7. The van der Waals surface area contributed by atoms with E-state index >= 15 is 0 Å². The maximum Gasteiger partial charge on any atom is 0.326 e. The summed E-state index contributed by atoms with van der Waals surface area (Å²) >= 11 is 8.40. The number of nitrogens with one attached hydrogen (secondary N) is 8. The molecule has 4 rings (SSSR count). The number of phenolic OH excluding ortho intramolecular Hbond substituents is 2. The molecule has 0 bridgehead atoms. The summed E-state index contributed by atoms with van der Waals surface area (Å²) in [6.45, 7) is 1.33. The first-order valence-corrected chi connectivity index (χ1v) is 26.8. The van der Waals surface area contributed by atoms with Gasteiger partial charge in [0.1, 0.15) is 53.8 Å². The van der Waals surface area contributed by atoms with E-state index in [0.717, 1.165) is 6.92 Å². The molecular formula is C53H68N12O15S2. The summed E-state index contributed by atoms with van der Waals surface area (Å²) in [6.07, 6.45) is -1.98. The second-order valence-electron chi connectivity index (χ2n) is 18.9. The van der Waals surface area contributed by atoms with Crippen LogP contribution in [0.3, 0.4) is 0 Å². The highest BCUT2D eigenvalue weighted by Crippen LogP contribution is 2.17. The monoisotopic (exact) mass is 1180 g/mol. The maximum atomic E-state index is 14.6. The Hall–Kier alpha value is -8.51. The quantitative estimate of drug-likeness (QED) is 0.0120. The third-order valence-electron chi connectivity index (χ3n) is 12.5. The minimum absolute atomic E-state index is 0.0679. The summed E-state index contributed by atoms with van der Waals surface area (Å²) in [7, 11) is 0. The van der Waals surface area contributed by atoms with E-state index in [1.807, 2.05) is 0 Å². The van der Waals surface area contributed by atoms with Crippen molar-refractivity contribution in [3.63, 3.8) is 0 Å². The molecule has 18 N–H and O–H groups in total. The Kier molecular flexibility index (Phi) is 26.3. The Bertz CT molecular complexity index is 2850. The summed E-state index contributed by atoms with van der Waals surface area (Å²) in [4.78, 5) is 132. The zero-order chi connectivity index (χ0) is 60.6. The van der Waals surface area contributed by atoms with Gasteiger partial charge in [-0.15, -0.1) is 0 Å². The Morgan fingerprint density at radius 3 is 1.34 bits per heavy atom. The first kappa shape index (κ1) is 66.0. The number of hydrogen-bond acceptors (Lipinski definition) is 18. The van der Waals surface area contributed by atoms with Gasteiger partial charge in [-0.25, -0.2) is 9.59 Å². The first-order valence-electron chi connectivity index (χ1n) is 25.6. The summed E-state index contributed by atoms with van der Waals surface area (Å²) in [5, 5.41) is 71.3. The van der Waals surface area contributed by atoms with Gasteiger partial charge in [-0.2, -0.15) is 25.3 Å². The normalized spacial score (nSPS) is 14.3. The van der Waals surface area contributed by atoms with E-state index in [4.69, 9.17) is 17.2 Å². The number of anilines is 1. The zero-order valence-electron chi connectivity index (χ0n) is 44.4. The molecule has 0 fully saturated rings. The lowest BCUT2D eigenvalue weighted by Crippen LogP contribution is -2.62. The summed E-state index contributed by atoms with van der Waals surface area (Å²) in [6, 6.07) is 9.61. The van der Waals surface area contributed by atoms with E-state index in [0.29, 0.717) is 28.7 Å². The molecule has 9 amide bonds. The number of nitrogens with zero attached hydrogens (tertiary/aromatic N) is 1. The van der Waals surface area contributed by atoms with Crippen LogP contribution in [-0.4, -0.2) is 151 Å². The average Bonchev–Trinajstić information content (AvgIpc) is 3.63. The van der Waals surface area contributed by atoms with E-state index in [2.05, 4.69) is 67.8 Å². The predicted octanol–water partition coefficient (Wildman–Crippen LogP) is -1.06. The molecule has 0 radical (unpaired) electrons. The van der Waals surface area contributed by atoms with Gasteiger partial charge in [0.05, 0.1) is 17.1 Å². The number of urea groups is 1. The number of amides is 9. The number of unbranched alkanes of at least 4 members (excludes halogenated alkanes) is 1. The summed E-state index contributed by atoms with van der Waals surface area (Å²) in [5.41, 5.74) is 19.0. The van der Waals surface area contributed by atoms with Crippen LogP contribution in [0.25, 0.3) is 0 Å². The van der Waals surface area contributed by atoms with Gasteiger partial charge in [0.2, 0.25) is 41.4 Å². The molecular weight excluding hydrogens is 1110 g/mol. The van der Waals surface area contributed by atoms with Crippen LogP contribution >= 0.6 is 25.3 Å². The van der Waals surface area contributed by atoms with Gasteiger partial charge in [-0.3, -0.25) is 43.7 Å². The highest BCUT2D eigenvalue weighted by molar-refractivity contribution is 7.80. The third-order valence-corrected chi connectivity index (χ3v) is 13.2. The van der Waals surface area contributed by atoms with Crippen LogP contribution in [0.15, 0.2) is 97.1 Å². The number of rotatable bonds is 32. The second-order valence-corrected chi connectivity index (χ2v) is 19.7. The number of phenols is 2. The SMILES string of the molecule is C[C@@H](O)[C@H](NC(=O)[C@H](CCCCN)NC(=O)[C@@H](Cc1ccc(NC(N)=O)cc1)NC(=O)[C@H](Cc1ccc(O)cc1)NC(=O)[C@@H](CS)NC(=O)[C@@H](N)Cc1ccc([N+](=O)[O-])cc1)C(=O)N[C@@H](CS)C(=O)N[C@H](Cc1ccc(O)cc1)C(=O)O. The highest BCUT2D eigenvalue weighted by atomic mass is 32.1. The van der Waals surface area contributed by atoms with E-state index in [9.17, 15) is 73.7 Å². The van der Waals surface area contributed by atoms with Crippen molar-refractivity contribution in [2.24, 2.45) is 17.2 Å². The van der Waals surface area contributed by atoms with E-state index in [1.165, 1.54) is 97.1 Å². The number of primary amides is 1. The van der Waals surface area contributed by atoms with Gasteiger partial charge in [0.25, 0.3) is 5.69 Å². The lowest BCUT2D eigenvalue weighted by molar-refractivity contribution is -0.384. The minimum atomic E-state index is -1.78. The number of carboxylic acid groups (broad SMARTS) is 1. The van der Waals surface area contributed by atoms with Crippen LogP contribution in [0.1, 0.15) is 48.4 Å². The fraction of sp³-hybridized carbons (Fsp3) is 0.377.